The Kier molecular flexibility index (Phi) is 22.7. The van der Waals surface area contributed by atoms with Crippen molar-refractivity contribution in [3.8, 4) is 0 Å². The van der Waals surface area contributed by atoms with Crippen LogP contribution in [0.5, 0.6) is 0 Å². The SMILES string of the molecule is CCCCC(NC(=O)C(CCCC)NC(=O)CNC(=O)C(=O)C(CCC)NC(=O)[C@@H]1C[C@@H](OCc2ccccc2)CN1C(=O)C(NC(=O)[C@H]1CCCCC1C(=O)c1ccccc1)C1CCCCC1)C(N)=O. The van der Waals surface area contributed by atoms with Crippen molar-refractivity contribution < 1.29 is 47.9 Å². The van der Waals surface area contributed by atoms with Crippen LogP contribution < -0.4 is 32.3 Å². The van der Waals surface area contributed by atoms with Crippen molar-refractivity contribution in [3.05, 3.63) is 71.8 Å². The number of Topliss-reactive ketones (excluding diaryl/α,β-unsaturated/α-hetero) is 2. The summed E-state index contributed by atoms with van der Waals surface area (Å²) in [5.41, 5.74) is 6.95. The summed E-state index contributed by atoms with van der Waals surface area (Å²) < 4.78 is 6.32. The molecule has 2 aliphatic carbocycles. The largest absolute Gasteiger partial charge is 0.372 e. The normalized spacial score (nSPS) is 20.9. The van der Waals surface area contributed by atoms with Gasteiger partial charge in [-0.15, -0.1) is 0 Å². The molecule has 17 nitrogen and oxygen atoms in total. The molecule has 5 rings (SSSR count). The third-order valence-electron chi connectivity index (χ3n) is 14.2. The van der Waals surface area contributed by atoms with Gasteiger partial charge in [0.15, 0.2) is 5.78 Å². The molecule has 0 bridgehead atoms. The Labute approximate surface area is 418 Å². The zero-order valence-corrected chi connectivity index (χ0v) is 41.9. The van der Waals surface area contributed by atoms with Crippen LogP contribution in [0.4, 0.5) is 0 Å². The summed E-state index contributed by atoms with van der Waals surface area (Å²) in [5, 5.41) is 13.4. The van der Waals surface area contributed by atoms with E-state index >= 15 is 4.79 Å². The van der Waals surface area contributed by atoms with E-state index in [1.165, 1.54) is 4.90 Å². The highest BCUT2D eigenvalue weighted by Crippen LogP contribution is 2.35. The zero-order valence-electron chi connectivity index (χ0n) is 41.9. The number of hydrogen-bond acceptors (Lipinski definition) is 10. The fraction of sp³-hybridized carbons (Fsp3) is 0.611. The highest BCUT2D eigenvalue weighted by molar-refractivity contribution is 6.38. The number of likely N-dealkylation sites (tertiary alicyclic amines) is 1. The third kappa shape index (κ3) is 16.5. The van der Waals surface area contributed by atoms with Gasteiger partial charge in [-0.1, -0.05) is 146 Å². The maximum atomic E-state index is 15.1. The van der Waals surface area contributed by atoms with Crippen LogP contribution in [-0.4, -0.2) is 107 Å². The molecule has 0 spiro atoms. The molecule has 71 heavy (non-hydrogen) atoms. The fourth-order valence-electron chi connectivity index (χ4n) is 10.2. The number of rotatable bonds is 27. The van der Waals surface area contributed by atoms with Gasteiger partial charge >= 0.3 is 0 Å². The first-order valence-electron chi connectivity index (χ1n) is 26.1. The molecule has 7 amide bonds. The molecule has 0 aromatic heterocycles. The van der Waals surface area contributed by atoms with Crippen LogP contribution in [0.3, 0.4) is 0 Å². The van der Waals surface area contributed by atoms with E-state index in [-0.39, 0.29) is 50.0 Å². The number of unbranched alkanes of at least 4 members (excludes halogenated alkanes) is 2. The number of benzene rings is 2. The molecule has 1 heterocycles. The van der Waals surface area contributed by atoms with Crippen LogP contribution >= 0.6 is 0 Å². The van der Waals surface area contributed by atoms with Gasteiger partial charge in [0.05, 0.1) is 25.3 Å². The van der Waals surface area contributed by atoms with Crippen LogP contribution in [0.25, 0.3) is 0 Å². The number of primary amides is 1. The van der Waals surface area contributed by atoms with Crippen LogP contribution in [0.1, 0.15) is 152 Å². The predicted octanol–water partition coefficient (Wildman–Crippen LogP) is 4.73. The molecule has 8 atom stereocenters. The number of nitrogens with two attached hydrogens (primary N) is 1. The van der Waals surface area contributed by atoms with E-state index in [0.29, 0.717) is 56.9 Å². The van der Waals surface area contributed by atoms with E-state index in [9.17, 15) is 38.4 Å². The molecule has 2 saturated carbocycles. The molecule has 0 radical (unpaired) electrons. The van der Waals surface area contributed by atoms with Gasteiger partial charge in [0.1, 0.15) is 24.2 Å². The highest BCUT2D eigenvalue weighted by atomic mass is 16.5. The smallest absolute Gasteiger partial charge is 0.290 e. The maximum Gasteiger partial charge on any atom is 0.290 e. The molecule has 5 unspecified atom stereocenters. The van der Waals surface area contributed by atoms with Crippen molar-refractivity contribution in [1.82, 2.24) is 31.5 Å². The first-order chi connectivity index (χ1) is 34.3. The number of nitrogens with one attached hydrogen (secondary N) is 5. The molecule has 3 aliphatic rings. The van der Waals surface area contributed by atoms with Gasteiger partial charge in [0.2, 0.25) is 41.2 Å². The number of amides is 7. The monoisotopic (exact) mass is 984 g/mol. The van der Waals surface area contributed by atoms with Gasteiger partial charge in [0, 0.05) is 30.4 Å². The Balaban J connectivity index is 1.31. The summed E-state index contributed by atoms with van der Waals surface area (Å²) in [6.45, 7) is 5.23. The molecule has 1 saturated heterocycles. The van der Waals surface area contributed by atoms with Gasteiger partial charge in [-0.25, -0.2) is 0 Å². The number of ketones is 2. The summed E-state index contributed by atoms with van der Waals surface area (Å²) >= 11 is 0. The number of hydrogen-bond donors (Lipinski definition) is 6. The second kappa shape index (κ2) is 28.8. The Morgan fingerprint density at radius 2 is 1.28 bits per heavy atom. The lowest BCUT2D eigenvalue weighted by Crippen LogP contribution is -2.59. The molecule has 7 N–H and O–H groups in total. The lowest BCUT2D eigenvalue weighted by Gasteiger charge is -2.37. The lowest BCUT2D eigenvalue weighted by molar-refractivity contribution is -0.145. The van der Waals surface area contributed by atoms with E-state index in [0.717, 1.165) is 50.5 Å². The quantitative estimate of drug-likeness (QED) is 0.0530. The second-order valence-corrected chi connectivity index (χ2v) is 19.5. The minimum atomic E-state index is -1.31. The Hall–Kier alpha value is -5.97. The minimum Gasteiger partial charge on any atom is -0.372 e. The van der Waals surface area contributed by atoms with Crippen LogP contribution in [-0.2, 0) is 49.7 Å². The summed E-state index contributed by atoms with van der Waals surface area (Å²) in [6, 6.07) is 13.1. The molecule has 388 valence electrons. The van der Waals surface area contributed by atoms with E-state index in [1.807, 2.05) is 50.2 Å². The van der Waals surface area contributed by atoms with E-state index in [4.69, 9.17) is 10.5 Å². The van der Waals surface area contributed by atoms with Crippen LogP contribution in [0, 0.1) is 17.8 Å². The van der Waals surface area contributed by atoms with Gasteiger partial charge in [-0.3, -0.25) is 43.2 Å². The summed E-state index contributed by atoms with van der Waals surface area (Å²) in [7, 11) is 0. The van der Waals surface area contributed by atoms with Gasteiger partial charge in [-0.05, 0) is 56.4 Å². The lowest BCUT2D eigenvalue weighted by atomic mass is 9.74. The molecular formula is C54H77N7O10. The van der Waals surface area contributed by atoms with Crippen molar-refractivity contribution >= 4 is 52.9 Å². The van der Waals surface area contributed by atoms with E-state index < -0.39 is 95.9 Å². The molecule has 17 heteroatoms. The van der Waals surface area contributed by atoms with Crippen molar-refractivity contribution in [2.75, 3.05) is 13.1 Å². The number of nitrogens with zero attached hydrogens (tertiary/aromatic N) is 1. The molecular weight excluding hydrogens is 907 g/mol. The topological polar surface area (TPSA) is 252 Å². The van der Waals surface area contributed by atoms with Gasteiger partial charge in [-0.2, -0.15) is 0 Å². The zero-order chi connectivity index (χ0) is 51.3. The first kappa shape index (κ1) is 56.0. The van der Waals surface area contributed by atoms with Crippen molar-refractivity contribution in [2.24, 2.45) is 23.5 Å². The highest BCUT2D eigenvalue weighted by Gasteiger charge is 2.46. The Morgan fingerprint density at radius 3 is 1.92 bits per heavy atom. The van der Waals surface area contributed by atoms with Crippen LogP contribution in [0.15, 0.2) is 60.7 Å². The number of carbonyl (C=O) groups is 9. The predicted molar refractivity (Wildman–Crippen MR) is 267 cm³/mol. The van der Waals surface area contributed by atoms with Crippen molar-refractivity contribution in [2.45, 2.75) is 179 Å². The van der Waals surface area contributed by atoms with E-state index in [2.05, 4.69) is 26.6 Å². The Morgan fingerprint density at radius 1 is 0.662 bits per heavy atom. The minimum absolute atomic E-state index is 0.0303. The molecule has 3 fully saturated rings. The average molecular weight is 984 g/mol. The summed E-state index contributed by atoms with van der Waals surface area (Å²) in [5.74, 6) is -7.11. The summed E-state index contributed by atoms with van der Waals surface area (Å²) in [4.78, 5) is 125. The number of carbonyl (C=O) groups excluding carboxylic acids is 9. The maximum absolute atomic E-state index is 15.1. The van der Waals surface area contributed by atoms with Gasteiger partial charge in [0.25, 0.3) is 5.91 Å². The fourth-order valence-corrected chi connectivity index (χ4v) is 10.2. The summed E-state index contributed by atoms with van der Waals surface area (Å²) in [6.07, 6.45) is 10.0. The molecule has 1 aliphatic heterocycles. The van der Waals surface area contributed by atoms with Crippen molar-refractivity contribution in [3.63, 3.8) is 0 Å². The molecule has 2 aromatic carbocycles. The van der Waals surface area contributed by atoms with E-state index in [1.54, 1.807) is 31.2 Å². The number of ether oxygens (including phenoxy) is 1. The van der Waals surface area contributed by atoms with Crippen LogP contribution in [0.2, 0.25) is 0 Å². The second-order valence-electron chi connectivity index (χ2n) is 19.5. The first-order valence-corrected chi connectivity index (χ1v) is 26.1. The standard InChI is InChI=1S/C54H77N7O10/c1-4-7-29-42(49(55)65)59-51(67)43(30-8-5-2)57-45(62)32-56-53(69)48(64)41(20-6-3)58-52(68)44-31-38(71-34-35-21-12-9-13-22-35)33-61(44)54(70)46(36-23-14-10-15-24-36)60-50(66)40-28-19-18-27-39(40)47(63)37-25-16-11-17-26-37/h9,11-13,16-17,21-22,25-26,36,38-44,46H,4-8,10,14-15,18-20,23-24,27-34H2,1-3H3,(H2,55,65)(H,56,69)(H,57,62)(H,58,68)(H,59,67)(H,60,66)/t38-,39?,40+,41?,42?,43?,44+,46?/m1/s1. The van der Waals surface area contributed by atoms with Crippen molar-refractivity contribution in [1.29, 1.82) is 0 Å². The average Bonchev–Trinajstić information content (AvgIpc) is 3.83. The van der Waals surface area contributed by atoms with Gasteiger partial charge < -0.3 is 42.0 Å². The third-order valence-corrected chi connectivity index (χ3v) is 14.2. The molecule has 2 aromatic rings. The Bertz CT molecular complexity index is 2120.